The molecule has 0 spiro atoms. The lowest BCUT2D eigenvalue weighted by molar-refractivity contribution is -0.441. The molecular weight excluding hydrogens is 340 g/mol. The van der Waals surface area contributed by atoms with Crippen LogP contribution in [0.1, 0.15) is 51.7 Å². The van der Waals surface area contributed by atoms with Gasteiger partial charge in [-0.25, -0.2) is 0 Å². The molecule has 0 fully saturated rings. The average Bonchev–Trinajstić information content (AvgIpc) is 2.92. The molecule has 2 heteroatoms. The summed E-state index contributed by atoms with van der Waals surface area (Å²) in [5, 5.41) is 3.47. The van der Waals surface area contributed by atoms with Gasteiger partial charge in [-0.3, -0.25) is 0 Å². The molecule has 144 valence electrons. The van der Waals surface area contributed by atoms with Crippen LogP contribution in [0.2, 0.25) is 0 Å². The second-order valence-electron chi connectivity index (χ2n) is 8.42. The number of rotatable bonds is 4. The standard InChI is InChI=1S/C26H30N2/c1-5-27-23-14-8-6-11-20(23)17-19(2)18-21-12-10-16-28-24-15-9-7-13-22(24)26(3,4)25(21)28/h6-9,11,13-15,17-18H,5,10,12,16H2,1-4H3/p+1. The van der Waals surface area contributed by atoms with Crippen LogP contribution in [0.5, 0.6) is 0 Å². The highest BCUT2D eigenvalue weighted by Crippen LogP contribution is 2.44. The fraction of sp³-hybridized carbons (Fsp3) is 0.346. The fourth-order valence-electron chi connectivity index (χ4n) is 4.85. The van der Waals surface area contributed by atoms with Gasteiger partial charge >= 0.3 is 0 Å². The Bertz CT molecular complexity index is 989. The van der Waals surface area contributed by atoms with Crippen molar-refractivity contribution in [3.05, 3.63) is 76.9 Å². The number of hydrogen-bond donors (Lipinski definition) is 1. The topological polar surface area (TPSA) is 15.0 Å². The summed E-state index contributed by atoms with van der Waals surface area (Å²) in [7, 11) is 0. The third-order valence-corrected chi connectivity index (χ3v) is 5.98. The molecule has 0 radical (unpaired) electrons. The summed E-state index contributed by atoms with van der Waals surface area (Å²) in [5.74, 6) is 0. The van der Waals surface area contributed by atoms with Crippen molar-refractivity contribution in [2.45, 2.75) is 46.0 Å². The molecule has 2 nitrogen and oxygen atoms in total. The molecule has 2 aliphatic heterocycles. The summed E-state index contributed by atoms with van der Waals surface area (Å²) in [5.41, 5.74) is 9.66. The molecule has 2 aliphatic rings. The molecule has 0 bridgehead atoms. The van der Waals surface area contributed by atoms with E-state index in [1.807, 2.05) is 0 Å². The molecule has 1 N–H and O–H groups in total. The monoisotopic (exact) mass is 371 g/mol. The van der Waals surface area contributed by atoms with E-state index in [0.29, 0.717) is 0 Å². The van der Waals surface area contributed by atoms with Crippen LogP contribution in [0.15, 0.2) is 65.8 Å². The zero-order valence-electron chi connectivity index (χ0n) is 17.5. The lowest BCUT2D eigenvalue weighted by Crippen LogP contribution is -2.34. The zero-order chi connectivity index (χ0) is 19.7. The smallest absolute Gasteiger partial charge is 0.209 e. The quantitative estimate of drug-likeness (QED) is 0.622. The number of fused-ring (bicyclic) bond motifs is 2. The van der Waals surface area contributed by atoms with E-state index in [9.17, 15) is 0 Å². The maximum absolute atomic E-state index is 3.47. The second-order valence-corrected chi connectivity index (χ2v) is 8.42. The van der Waals surface area contributed by atoms with Crippen molar-refractivity contribution in [3.8, 4) is 0 Å². The highest BCUT2D eigenvalue weighted by Gasteiger charge is 2.48. The van der Waals surface area contributed by atoms with Crippen molar-refractivity contribution < 1.29 is 4.58 Å². The largest absolute Gasteiger partial charge is 0.385 e. The molecule has 0 aromatic heterocycles. The van der Waals surface area contributed by atoms with Gasteiger partial charge in [0, 0.05) is 35.9 Å². The molecule has 0 amide bonds. The second kappa shape index (κ2) is 7.43. The molecular formula is C26H31N2+. The Hall–Kier alpha value is -2.61. The van der Waals surface area contributed by atoms with Crippen molar-refractivity contribution in [2.75, 3.05) is 18.4 Å². The van der Waals surface area contributed by atoms with E-state index in [-0.39, 0.29) is 5.41 Å². The van der Waals surface area contributed by atoms with Crippen molar-refractivity contribution in [1.29, 1.82) is 0 Å². The first-order valence-corrected chi connectivity index (χ1v) is 10.5. The maximum atomic E-state index is 3.47. The Labute approximate surface area is 169 Å². The van der Waals surface area contributed by atoms with Gasteiger partial charge in [-0.2, -0.15) is 4.58 Å². The van der Waals surface area contributed by atoms with E-state index in [1.165, 1.54) is 45.8 Å². The van der Waals surface area contributed by atoms with Crippen LogP contribution >= 0.6 is 0 Å². The van der Waals surface area contributed by atoms with Crippen molar-refractivity contribution in [2.24, 2.45) is 0 Å². The van der Waals surface area contributed by atoms with Crippen LogP contribution in [-0.2, 0) is 5.41 Å². The van der Waals surface area contributed by atoms with Gasteiger partial charge in [0.2, 0.25) is 5.69 Å². The van der Waals surface area contributed by atoms with Gasteiger partial charge in [0.15, 0.2) is 5.71 Å². The average molecular weight is 372 g/mol. The summed E-state index contributed by atoms with van der Waals surface area (Å²) in [6.07, 6.45) is 7.09. The molecule has 0 aliphatic carbocycles. The number of benzene rings is 2. The summed E-state index contributed by atoms with van der Waals surface area (Å²) >= 11 is 0. The van der Waals surface area contributed by atoms with Gasteiger partial charge in [-0.05, 0) is 63.5 Å². The Morgan fingerprint density at radius 3 is 2.68 bits per heavy atom. The van der Waals surface area contributed by atoms with Gasteiger partial charge in [-0.15, -0.1) is 0 Å². The predicted octanol–water partition coefficient (Wildman–Crippen LogP) is 6.32. The molecule has 2 aromatic carbocycles. The SMILES string of the molecule is CCNc1ccccc1/C=C(C)/C=C1\CCC[N+]2=C1C(C)(C)c1ccccc12. The highest BCUT2D eigenvalue weighted by molar-refractivity contribution is 6.07. The molecule has 0 atom stereocenters. The predicted molar refractivity (Wildman–Crippen MR) is 121 cm³/mol. The number of nitrogens with zero attached hydrogens (tertiary/aromatic N) is 1. The summed E-state index contributed by atoms with van der Waals surface area (Å²) < 4.78 is 2.56. The molecule has 0 unspecified atom stereocenters. The van der Waals surface area contributed by atoms with Crippen molar-refractivity contribution in [3.63, 3.8) is 0 Å². The van der Waals surface area contributed by atoms with Gasteiger partial charge in [0.1, 0.15) is 6.54 Å². The van der Waals surface area contributed by atoms with E-state index < -0.39 is 0 Å². The maximum Gasteiger partial charge on any atom is 0.209 e. The number of allylic oxidation sites excluding steroid dienone is 3. The van der Waals surface area contributed by atoms with Crippen LogP contribution in [0, 0.1) is 0 Å². The van der Waals surface area contributed by atoms with Crippen LogP contribution in [0.3, 0.4) is 0 Å². The number of hydrogen-bond acceptors (Lipinski definition) is 1. The van der Waals surface area contributed by atoms with E-state index in [2.05, 4.69) is 98.3 Å². The van der Waals surface area contributed by atoms with Crippen LogP contribution in [-0.4, -0.2) is 23.4 Å². The number of nitrogens with one attached hydrogen (secondary N) is 1. The van der Waals surface area contributed by atoms with Gasteiger partial charge in [0.25, 0.3) is 0 Å². The highest BCUT2D eigenvalue weighted by atomic mass is 15.1. The Balaban J connectivity index is 1.74. The molecule has 0 saturated heterocycles. The first-order chi connectivity index (χ1) is 13.5. The normalized spacial score (nSPS) is 19.6. The van der Waals surface area contributed by atoms with Gasteiger partial charge < -0.3 is 5.32 Å². The van der Waals surface area contributed by atoms with Gasteiger partial charge in [-0.1, -0.05) is 36.4 Å². The minimum absolute atomic E-state index is 0.0603. The van der Waals surface area contributed by atoms with Gasteiger partial charge in [0.05, 0.1) is 5.41 Å². The molecule has 2 aromatic rings. The third-order valence-electron chi connectivity index (χ3n) is 5.98. The van der Waals surface area contributed by atoms with E-state index >= 15 is 0 Å². The molecule has 2 heterocycles. The van der Waals surface area contributed by atoms with Crippen LogP contribution in [0.25, 0.3) is 6.08 Å². The Kier molecular flexibility index (Phi) is 4.97. The zero-order valence-corrected chi connectivity index (χ0v) is 17.5. The molecule has 0 saturated carbocycles. The first-order valence-electron chi connectivity index (χ1n) is 10.5. The summed E-state index contributed by atoms with van der Waals surface area (Å²) in [6.45, 7) is 11.2. The number of anilines is 1. The molecule has 4 rings (SSSR count). The summed E-state index contributed by atoms with van der Waals surface area (Å²) in [6, 6.07) is 17.5. The van der Waals surface area contributed by atoms with Crippen molar-refractivity contribution in [1.82, 2.24) is 0 Å². The lowest BCUT2D eigenvalue weighted by atomic mass is 9.77. The Morgan fingerprint density at radius 2 is 1.86 bits per heavy atom. The third kappa shape index (κ3) is 3.22. The van der Waals surface area contributed by atoms with E-state index in [1.54, 1.807) is 0 Å². The molecule has 28 heavy (non-hydrogen) atoms. The lowest BCUT2D eigenvalue weighted by Gasteiger charge is -2.22. The van der Waals surface area contributed by atoms with Crippen LogP contribution < -0.4 is 5.32 Å². The Morgan fingerprint density at radius 1 is 1.11 bits per heavy atom. The van der Waals surface area contributed by atoms with E-state index in [4.69, 9.17) is 0 Å². The van der Waals surface area contributed by atoms with Crippen molar-refractivity contribution >= 4 is 23.2 Å². The number of para-hydroxylation sites is 2. The summed E-state index contributed by atoms with van der Waals surface area (Å²) in [4.78, 5) is 0. The minimum Gasteiger partial charge on any atom is -0.385 e. The minimum atomic E-state index is 0.0603. The first kappa shape index (κ1) is 18.7. The van der Waals surface area contributed by atoms with Crippen LogP contribution in [0.4, 0.5) is 11.4 Å². The van der Waals surface area contributed by atoms with E-state index in [0.717, 1.165) is 19.5 Å². The fourth-order valence-corrected chi connectivity index (χ4v) is 4.85.